The number of carbonyl (C=O) groups is 2. The molecule has 1 aliphatic carbocycles. The molecule has 0 atom stereocenters. The molecule has 1 aromatic heterocycles. The fourth-order valence-electron chi connectivity index (χ4n) is 5.25. The molecule has 1 saturated carbocycles. The number of anilines is 1. The van der Waals surface area contributed by atoms with Crippen LogP contribution in [0.2, 0.25) is 0 Å². The monoisotopic (exact) mass is 520 g/mol. The predicted molar refractivity (Wildman–Crippen MR) is 135 cm³/mol. The summed E-state index contributed by atoms with van der Waals surface area (Å²) in [5.74, 6) is 0.695. The van der Waals surface area contributed by atoms with Crippen LogP contribution in [0.5, 0.6) is 0 Å². The molecule has 2 aromatic rings. The molecule has 1 aliphatic heterocycles. The van der Waals surface area contributed by atoms with Crippen molar-refractivity contribution in [3.8, 4) is 0 Å². The van der Waals surface area contributed by atoms with Gasteiger partial charge in [0.05, 0.1) is 23.7 Å². The van der Waals surface area contributed by atoms with Gasteiger partial charge in [0.2, 0.25) is 11.8 Å². The summed E-state index contributed by atoms with van der Waals surface area (Å²) in [6.07, 6.45) is 2.79. The highest BCUT2D eigenvalue weighted by Gasteiger charge is 2.35. The molecule has 11 heteroatoms. The summed E-state index contributed by atoms with van der Waals surface area (Å²) in [5, 5.41) is 9.01. The summed E-state index contributed by atoms with van der Waals surface area (Å²) in [6, 6.07) is 4.03. The maximum atomic E-state index is 13.1. The summed E-state index contributed by atoms with van der Waals surface area (Å²) < 4.78 is 39.3. The van der Waals surface area contributed by atoms with E-state index >= 15 is 0 Å². The first kappa shape index (κ1) is 27.1. The Bertz CT molecular complexity index is 1100. The third-order valence-electron chi connectivity index (χ3n) is 7.22. The molecule has 1 saturated heterocycles. The van der Waals surface area contributed by atoms with E-state index in [4.69, 9.17) is 0 Å². The van der Waals surface area contributed by atoms with Gasteiger partial charge in [-0.2, -0.15) is 13.2 Å². The standard InChI is InChI=1S/C26H35F3N6O2/c1-16(2)33-23(36)10-5-17-3-7-20(8-4-17)35-13-19(14-35)34-24(37)12-30-25-21-11-18(26(27,28)29)6-9-22(21)31-15-32-25/h6,9,11,15-17,19-20H,3-5,7-8,10,12-14H2,1-2H3,(H,33,36)(H,34,37)(H,30,31,32). The summed E-state index contributed by atoms with van der Waals surface area (Å²) in [7, 11) is 0. The van der Waals surface area contributed by atoms with Crippen LogP contribution in [-0.4, -0.2) is 64.4 Å². The maximum Gasteiger partial charge on any atom is 0.416 e. The van der Waals surface area contributed by atoms with Gasteiger partial charge in [-0.25, -0.2) is 9.97 Å². The van der Waals surface area contributed by atoms with E-state index in [9.17, 15) is 22.8 Å². The Morgan fingerprint density at radius 3 is 2.49 bits per heavy atom. The molecule has 2 amide bonds. The number of likely N-dealkylation sites (tertiary alicyclic amines) is 1. The second-order valence-electron chi connectivity index (χ2n) is 10.5. The normalized spacial score (nSPS) is 21.0. The van der Waals surface area contributed by atoms with E-state index in [-0.39, 0.29) is 41.6 Å². The lowest BCUT2D eigenvalue weighted by molar-refractivity contribution is -0.137. The number of benzene rings is 1. The molecule has 0 unspecified atom stereocenters. The number of hydrogen-bond acceptors (Lipinski definition) is 6. The minimum atomic E-state index is -4.47. The van der Waals surface area contributed by atoms with Crippen molar-refractivity contribution in [1.29, 1.82) is 0 Å². The lowest BCUT2D eigenvalue weighted by atomic mass is 9.81. The molecule has 3 N–H and O–H groups in total. The fraction of sp³-hybridized carbons (Fsp3) is 0.615. The van der Waals surface area contributed by atoms with Crippen LogP contribution in [0.1, 0.15) is 57.9 Å². The quantitative estimate of drug-likeness (QED) is 0.466. The van der Waals surface area contributed by atoms with E-state index in [0.717, 1.165) is 57.3 Å². The second-order valence-corrected chi connectivity index (χ2v) is 10.5. The van der Waals surface area contributed by atoms with Crippen molar-refractivity contribution < 1.29 is 22.8 Å². The van der Waals surface area contributed by atoms with E-state index in [2.05, 4.69) is 30.8 Å². The highest BCUT2D eigenvalue weighted by atomic mass is 19.4. The van der Waals surface area contributed by atoms with Gasteiger partial charge in [-0.3, -0.25) is 14.5 Å². The molecule has 0 spiro atoms. The van der Waals surface area contributed by atoms with Crippen LogP contribution < -0.4 is 16.0 Å². The van der Waals surface area contributed by atoms with Crippen LogP contribution in [0.4, 0.5) is 19.0 Å². The predicted octanol–water partition coefficient (Wildman–Crippen LogP) is 3.72. The number of hydrogen-bond donors (Lipinski definition) is 3. The van der Waals surface area contributed by atoms with Crippen molar-refractivity contribution in [3.63, 3.8) is 0 Å². The molecule has 2 fully saturated rings. The van der Waals surface area contributed by atoms with Crippen LogP contribution in [0.3, 0.4) is 0 Å². The lowest BCUT2D eigenvalue weighted by Crippen LogP contribution is -2.63. The molecule has 2 aliphatic rings. The molecular weight excluding hydrogens is 485 g/mol. The zero-order valence-corrected chi connectivity index (χ0v) is 21.3. The second kappa shape index (κ2) is 11.6. The summed E-state index contributed by atoms with van der Waals surface area (Å²) in [6.45, 7) is 5.44. The zero-order valence-electron chi connectivity index (χ0n) is 21.3. The number of fused-ring (bicyclic) bond motifs is 1. The van der Waals surface area contributed by atoms with Crippen LogP contribution >= 0.6 is 0 Å². The average Bonchev–Trinajstić information content (AvgIpc) is 2.82. The third kappa shape index (κ3) is 7.30. The first-order valence-electron chi connectivity index (χ1n) is 13.0. The van der Waals surface area contributed by atoms with E-state index in [1.54, 1.807) is 0 Å². The van der Waals surface area contributed by atoms with Gasteiger partial charge >= 0.3 is 6.18 Å². The summed E-state index contributed by atoms with van der Waals surface area (Å²) in [4.78, 5) is 34.8. The number of nitrogens with one attached hydrogen (secondary N) is 3. The minimum Gasteiger partial charge on any atom is -0.360 e. The number of nitrogens with zero attached hydrogens (tertiary/aromatic N) is 3. The Kier molecular flexibility index (Phi) is 8.51. The topological polar surface area (TPSA) is 99.2 Å². The van der Waals surface area contributed by atoms with Gasteiger partial charge in [0.25, 0.3) is 0 Å². The number of amides is 2. The largest absolute Gasteiger partial charge is 0.416 e. The van der Waals surface area contributed by atoms with Crippen molar-refractivity contribution in [2.75, 3.05) is 25.0 Å². The van der Waals surface area contributed by atoms with Crippen LogP contribution in [0.15, 0.2) is 24.5 Å². The van der Waals surface area contributed by atoms with Crippen molar-refractivity contribution >= 4 is 28.5 Å². The molecule has 2 heterocycles. The Balaban J connectivity index is 1.17. The Morgan fingerprint density at radius 1 is 1.08 bits per heavy atom. The average molecular weight is 521 g/mol. The van der Waals surface area contributed by atoms with Crippen molar-refractivity contribution in [3.05, 3.63) is 30.1 Å². The highest BCUT2D eigenvalue weighted by molar-refractivity contribution is 5.91. The van der Waals surface area contributed by atoms with Gasteiger partial charge in [0, 0.05) is 37.0 Å². The fourth-order valence-corrected chi connectivity index (χ4v) is 5.25. The molecule has 0 bridgehead atoms. The number of aromatic nitrogens is 2. The van der Waals surface area contributed by atoms with Crippen LogP contribution in [0, 0.1) is 5.92 Å². The molecule has 1 aromatic carbocycles. The maximum absolute atomic E-state index is 13.1. The van der Waals surface area contributed by atoms with Crippen molar-refractivity contribution in [1.82, 2.24) is 25.5 Å². The smallest absolute Gasteiger partial charge is 0.360 e. The Labute approximate surface area is 214 Å². The van der Waals surface area contributed by atoms with E-state index in [1.807, 2.05) is 13.8 Å². The number of halogens is 3. The third-order valence-corrected chi connectivity index (χ3v) is 7.22. The number of rotatable bonds is 9. The summed E-state index contributed by atoms with van der Waals surface area (Å²) >= 11 is 0. The van der Waals surface area contributed by atoms with Gasteiger partial charge in [-0.05, 0) is 70.1 Å². The number of alkyl halides is 3. The van der Waals surface area contributed by atoms with Gasteiger partial charge in [-0.1, -0.05) is 0 Å². The molecule has 8 nitrogen and oxygen atoms in total. The van der Waals surface area contributed by atoms with Gasteiger partial charge in [0.1, 0.15) is 12.1 Å². The Hall–Kier alpha value is -2.95. The zero-order chi connectivity index (χ0) is 26.6. The molecule has 202 valence electrons. The van der Waals surface area contributed by atoms with E-state index in [0.29, 0.717) is 23.9 Å². The first-order chi connectivity index (χ1) is 17.6. The number of carbonyl (C=O) groups excluding carboxylic acids is 2. The lowest BCUT2D eigenvalue weighted by Gasteiger charge is -2.46. The SMILES string of the molecule is CC(C)NC(=O)CCC1CCC(N2CC(NC(=O)CNc3ncnc4ccc(C(F)(F)F)cc34)C2)CC1. The van der Waals surface area contributed by atoms with Gasteiger partial charge in [-0.15, -0.1) is 0 Å². The first-order valence-corrected chi connectivity index (χ1v) is 13.0. The molecule has 4 rings (SSSR count). The van der Waals surface area contributed by atoms with Crippen LogP contribution in [0.25, 0.3) is 10.9 Å². The molecule has 0 radical (unpaired) electrons. The van der Waals surface area contributed by atoms with E-state index < -0.39 is 11.7 Å². The van der Waals surface area contributed by atoms with Crippen molar-refractivity contribution in [2.24, 2.45) is 5.92 Å². The van der Waals surface area contributed by atoms with E-state index in [1.165, 1.54) is 12.4 Å². The van der Waals surface area contributed by atoms with Gasteiger partial charge < -0.3 is 16.0 Å². The van der Waals surface area contributed by atoms with Gasteiger partial charge in [0.15, 0.2) is 0 Å². The minimum absolute atomic E-state index is 0.0609. The Morgan fingerprint density at radius 2 is 1.81 bits per heavy atom. The van der Waals surface area contributed by atoms with Crippen molar-refractivity contribution in [2.45, 2.75) is 76.7 Å². The molecule has 37 heavy (non-hydrogen) atoms. The highest BCUT2D eigenvalue weighted by Crippen LogP contribution is 2.33. The van der Waals surface area contributed by atoms with Crippen LogP contribution in [-0.2, 0) is 15.8 Å². The summed E-state index contributed by atoms with van der Waals surface area (Å²) in [5.41, 5.74) is -0.420. The molecular formula is C26H35F3N6O2.